The number of ether oxygens (including phenoxy) is 1. The lowest BCUT2D eigenvalue weighted by Gasteiger charge is -2.52. The maximum atomic E-state index is 5.66. The molecule has 0 saturated heterocycles. The van der Waals surface area contributed by atoms with Crippen molar-refractivity contribution in [3.8, 4) is 0 Å². The summed E-state index contributed by atoms with van der Waals surface area (Å²) in [5.74, 6) is 0. The van der Waals surface area contributed by atoms with Gasteiger partial charge < -0.3 is 10.1 Å². The minimum Gasteiger partial charge on any atom is -0.378 e. The summed E-state index contributed by atoms with van der Waals surface area (Å²) in [4.78, 5) is 0. The molecule has 2 unspecified atom stereocenters. The van der Waals surface area contributed by atoms with E-state index in [2.05, 4.69) is 33.0 Å². The van der Waals surface area contributed by atoms with Crippen LogP contribution in [-0.2, 0) is 4.74 Å². The summed E-state index contributed by atoms with van der Waals surface area (Å²) in [6.07, 6.45) is 2.86. The Bertz CT molecular complexity index is 156. The summed E-state index contributed by atoms with van der Waals surface area (Å²) < 4.78 is 5.66. The Kier molecular flexibility index (Phi) is 3.74. The second-order valence-corrected chi connectivity index (χ2v) is 4.51. The molecule has 0 radical (unpaired) electrons. The Morgan fingerprint density at radius 3 is 2.54 bits per heavy atom. The third-order valence-corrected chi connectivity index (χ3v) is 3.19. The van der Waals surface area contributed by atoms with Crippen LogP contribution in [0.15, 0.2) is 0 Å². The van der Waals surface area contributed by atoms with Crippen molar-refractivity contribution in [1.29, 1.82) is 0 Å². The third-order valence-electron chi connectivity index (χ3n) is 3.19. The molecule has 2 heteroatoms. The smallest absolute Gasteiger partial charge is 0.0655 e. The molecule has 2 nitrogen and oxygen atoms in total. The van der Waals surface area contributed by atoms with Crippen molar-refractivity contribution in [2.45, 2.75) is 52.7 Å². The zero-order valence-electron chi connectivity index (χ0n) is 9.39. The van der Waals surface area contributed by atoms with Crippen LogP contribution in [0.4, 0.5) is 0 Å². The average molecular weight is 185 g/mol. The Morgan fingerprint density at radius 2 is 2.08 bits per heavy atom. The standard InChI is InChI=1S/C11H23NO/c1-5-7-12-9-8-10(13-6-2)11(9,3)4/h9-10,12H,5-8H2,1-4H3. The minimum atomic E-state index is 0.325. The van der Waals surface area contributed by atoms with Gasteiger partial charge >= 0.3 is 0 Å². The van der Waals surface area contributed by atoms with E-state index in [1.807, 2.05) is 0 Å². The molecule has 0 aromatic rings. The van der Waals surface area contributed by atoms with Crippen molar-refractivity contribution < 1.29 is 4.74 Å². The number of hydrogen-bond acceptors (Lipinski definition) is 2. The minimum absolute atomic E-state index is 0.325. The molecule has 0 aromatic carbocycles. The van der Waals surface area contributed by atoms with Gasteiger partial charge in [-0.2, -0.15) is 0 Å². The van der Waals surface area contributed by atoms with Crippen molar-refractivity contribution in [3.05, 3.63) is 0 Å². The fourth-order valence-electron chi connectivity index (χ4n) is 2.03. The van der Waals surface area contributed by atoms with Crippen molar-refractivity contribution in [2.24, 2.45) is 5.41 Å². The van der Waals surface area contributed by atoms with Crippen molar-refractivity contribution >= 4 is 0 Å². The molecular formula is C11H23NO. The lowest BCUT2D eigenvalue weighted by atomic mass is 9.64. The van der Waals surface area contributed by atoms with Crippen LogP contribution in [-0.4, -0.2) is 25.3 Å². The van der Waals surface area contributed by atoms with Crippen molar-refractivity contribution in [2.75, 3.05) is 13.2 Å². The summed E-state index contributed by atoms with van der Waals surface area (Å²) in [6.45, 7) is 10.8. The highest BCUT2D eigenvalue weighted by Gasteiger charge is 2.48. The van der Waals surface area contributed by atoms with Crippen LogP contribution in [0, 0.1) is 5.41 Å². The zero-order chi connectivity index (χ0) is 9.90. The molecule has 0 bridgehead atoms. The number of rotatable bonds is 5. The summed E-state index contributed by atoms with van der Waals surface area (Å²) in [7, 11) is 0. The molecule has 0 amide bonds. The molecule has 13 heavy (non-hydrogen) atoms. The maximum absolute atomic E-state index is 5.66. The second kappa shape index (κ2) is 4.43. The quantitative estimate of drug-likeness (QED) is 0.709. The van der Waals surface area contributed by atoms with Gasteiger partial charge in [-0.3, -0.25) is 0 Å². The number of nitrogens with one attached hydrogen (secondary N) is 1. The van der Waals surface area contributed by atoms with E-state index in [0.717, 1.165) is 13.2 Å². The first-order chi connectivity index (χ1) is 6.12. The van der Waals surface area contributed by atoms with Crippen molar-refractivity contribution in [1.82, 2.24) is 5.32 Å². The highest BCUT2D eigenvalue weighted by molar-refractivity contribution is 5.02. The normalized spacial score (nSPS) is 31.4. The zero-order valence-corrected chi connectivity index (χ0v) is 9.39. The van der Waals surface area contributed by atoms with Gasteiger partial charge in [-0.25, -0.2) is 0 Å². The molecule has 0 heterocycles. The summed E-state index contributed by atoms with van der Waals surface area (Å²) in [6, 6.07) is 0.656. The SMILES string of the molecule is CCCNC1CC(OCC)C1(C)C. The molecule has 0 aliphatic heterocycles. The van der Waals surface area contributed by atoms with Gasteiger partial charge in [0, 0.05) is 18.1 Å². The monoisotopic (exact) mass is 185 g/mol. The fraction of sp³-hybridized carbons (Fsp3) is 1.00. The largest absolute Gasteiger partial charge is 0.378 e. The van der Waals surface area contributed by atoms with Gasteiger partial charge in [-0.05, 0) is 26.3 Å². The molecular weight excluding hydrogens is 162 g/mol. The molecule has 1 rings (SSSR count). The van der Waals surface area contributed by atoms with E-state index < -0.39 is 0 Å². The molecule has 1 aliphatic carbocycles. The molecule has 0 spiro atoms. The Labute approximate surface area is 82.0 Å². The van der Waals surface area contributed by atoms with Gasteiger partial charge in [0.2, 0.25) is 0 Å². The van der Waals surface area contributed by atoms with Crippen LogP contribution in [0.3, 0.4) is 0 Å². The van der Waals surface area contributed by atoms with E-state index in [0.29, 0.717) is 17.6 Å². The van der Waals surface area contributed by atoms with E-state index >= 15 is 0 Å². The molecule has 0 aromatic heterocycles. The molecule has 1 saturated carbocycles. The number of hydrogen-bond donors (Lipinski definition) is 1. The van der Waals surface area contributed by atoms with E-state index in [-0.39, 0.29) is 0 Å². The van der Waals surface area contributed by atoms with Crippen LogP contribution in [0.1, 0.15) is 40.5 Å². The van der Waals surface area contributed by atoms with E-state index in [9.17, 15) is 0 Å². The third kappa shape index (κ3) is 2.23. The highest BCUT2D eigenvalue weighted by atomic mass is 16.5. The summed E-state index contributed by atoms with van der Waals surface area (Å²) >= 11 is 0. The Morgan fingerprint density at radius 1 is 1.38 bits per heavy atom. The van der Waals surface area contributed by atoms with Crippen LogP contribution < -0.4 is 5.32 Å². The predicted octanol–water partition coefficient (Wildman–Crippen LogP) is 2.19. The van der Waals surface area contributed by atoms with Crippen LogP contribution in [0.5, 0.6) is 0 Å². The van der Waals surface area contributed by atoms with Gasteiger partial charge in [0.1, 0.15) is 0 Å². The lowest BCUT2D eigenvalue weighted by Crippen LogP contribution is -2.61. The van der Waals surface area contributed by atoms with Crippen molar-refractivity contribution in [3.63, 3.8) is 0 Å². The second-order valence-electron chi connectivity index (χ2n) is 4.51. The maximum Gasteiger partial charge on any atom is 0.0655 e. The topological polar surface area (TPSA) is 21.3 Å². The van der Waals surface area contributed by atoms with Gasteiger partial charge in [0.05, 0.1) is 6.10 Å². The first-order valence-corrected chi connectivity index (χ1v) is 5.47. The first-order valence-electron chi connectivity index (χ1n) is 5.47. The van der Waals surface area contributed by atoms with Gasteiger partial charge in [0.25, 0.3) is 0 Å². The van der Waals surface area contributed by atoms with Gasteiger partial charge in [-0.15, -0.1) is 0 Å². The van der Waals surface area contributed by atoms with Gasteiger partial charge in [0.15, 0.2) is 0 Å². The Hall–Kier alpha value is -0.0800. The molecule has 1 aliphatic rings. The van der Waals surface area contributed by atoms with E-state index in [1.165, 1.54) is 12.8 Å². The van der Waals surface area contributed by atoms with Crippen LogP contribution >= 0.6 is 0 Å². The Balaban J connectivity index is 2.30. The van der Waals surface area contributed by atoms with Gasteiger partial charge in [-0.1, -0.05) is 20.8 Å². The molecule has 1 N–H and O–H groups in total. The first kappa shape index (κ1) is 11.0. The van der Waals surface area contributed by atoms with Crippen LogP contribution in [0.2, 0.25) is 0 Å². The fourth-order valence-corrected chi connectivity index (χ4v) is 2.03. The van der Waals surface area contributed by atoms with E-state index in [1.54, 1.807) is 0 Å². The summed E-state index contributed by atoms with van der Waals surface area (Å²) in [5, 5.41) is 3.57. The highest BCUT2D eigenvalue weighted by Crippen LogP contribution is 2.42. The summed E-state index contributed by atoms with van der Waals surface area (Å²) in [5.41, 5.74) is 0.325. The average Bonchev–Trinajstić information content (AvgIpc) is 2.10. The molecule has 1 fully saturated rings. The van der Waals surface area contributed by atoms with E-state index in [4.69, 9.17) is 4.74 Å². The molecule has 78 valence electrons. The lowest BCUT2D eigenvalue weighted by molar-refractivity contribution is -0.113. The predicted molar refractivity (Wildman–Crippen MR) is 55.9 cm³/mol. The van der Waals surface area contributed by atoms with Crippen LogP contribution in [0.25, 0.3) is 0 Å². The molecule has 2 atom stereocenters.